The lowest BCUT2D eigenvalue weighted by Gasteiger charge is -2.28. The average Bonchev–Trinajstić information content (AvgIpc) is 2.40. The van der Waals surface area contributed by atoms with E-state index in [9.17, 15) is 0 Å². The first kappa shape index (κ1) is 16.7. The monoisotopic (exact) mass is 302 g/mol. The number of thioether (sulfide) groups is 1. The molecule has 1 aliphatic heterocycles. The Hall–Kier alpha value is -0.360. The highest BCUT2D eigenvalue weighted by Crippen LogP contribution is 2.16. The van der Waals surface area contributed by atoms with Gasteiger partial charge in [0.05, 0.1) is 5.69 Å². The molecule has 1 saturated heterocycles. The van der Waals surface area contributed by atoms with Gasteiger partial charge in [-0.1, -0.05) is 6.42 Å². The van der Waals surface area contributed by atoms with Crippen molar-refractivity contribution in [1.82, 2.24) is 20.2 Å². The van der Waals surface area contributed by atoms with E-state index in [4.69, 9.17) is 0 Å². The minimum absolute atomic E-state index is 0. The lowest BCUT2D eigenvalue weighted by atomic mass is 10.0. The van der Waals surface area contributed by atoms with Crippen LogP contribution in [0.4, 0.5) is 0 Å². The lowest BCUT2D eigenvalue weighted by molar-refractivity contribution is 0.252. The molecule has 0 spiro atoms. The van der Waals surface area contributed by atoms with Gasteiger partial charge >= 0.3 is 0 Å². The molecule has 1 atom stereocenters. The number of nitrogens with one attached hydrogen (secondary N) is 1. The molecule has 2 heterocycles. The summed E-state index contributed by atoms with van der Waals surface area (Å²) >= 11 is 1.67. The van der Waals surface area contributed by atoms with Crippen LogP contribution in [0.15, 0.2) is 17.4 Å². The van der Waals surface area contributed by atoms with Crippen LogP contribution < -0.4 is 5.32 Å². The van der Waals surface area contributed by atoms with Gasteiger partial charge in [0.2, 0.25) is 0 Å². The van der Waals surface area contributed by atoms with Crippen LogP contribution in [0.5, 0.6) is 0 Å². The molecule has 0 saturated carbocycles. The highest BCUT2D eigenvalue weighted by Gasteiger charge is 2.15. The summed E-state index contributed by atoms with van der Waals surface area (Å²) in [4.78, 5) is 11.1. The van der Waals surface area contributed by atoms with E-state index in [1.807, 2.05) is 0 Å². The number of hydrogen-bond donors (Lipinski definition) is 1. The molecule has 0 aliphatic carbocycles. The van der Waals surface area contributed by atoms with Gasteiger partial charge in [-0.2, -0.15) is 0 Å². The van der Waals surface area contributed by atoms with Crippen molar-refractivity contribution in [2.24, 2.45) is 0 Å². The van der Waals surface area contributed by atoms with Crippen LogP contribution in [0.25, 0.3) is 0 Å². The van der Waals surface area contributed by atoms with Gasteiger partial charge in [0.1, 0.15) is 5.03 Å². The highest BCUT2D eigenvalue weighted by molar-refractivity contribution is 7.98. The highest BCUT2D eigenvalue weighted by atomic mass is 35.5. The number of nitrogens with zero attached hydrogens (tertiary/aromatic N) is 3. The first-order valence-corrected chi connectivity index (χ1v) is 7.78. The second kappa shape index (κ2) is 8.74. The molecule has 1 aromatic heterocycles. The molecule has 1 fully saturated rings. The fraction of sp³-hybridized carbons (Fsp3) is 0.692. The molecule has 1 aromatic rings. The fourth-order valence-electron chi connectivity index (χ4n) is 2.41. The number of halogens is 1. The van der Waals surface area contributed by atoms with Gasteiger partial charge in [0, 0.05) is 31.5 Å². The Morgan fingerprint density at radius 1 is 1.37 bits per heavy atom. The Kier molecular flexibility index (Phi) is 7.68. The Balaban J connectivity index is 0.00000180. The van der Waals surface area contributed by atoms with E-state index in [-0.39, 0.29) is 12.4 Å². The van der Waals surface area contributed by atoms with Gasteiger partial charge in [0.25, 0.3) is 0 Å². The smallest absolute Gasteiger partial charge is 0.119 e. The van der Waals surface area contributed by atoms with Crippen molar-refractivity contribution >= 4 is 24.2 Å². The maximum Gasteiger partial charge on any atom is 0.119 e. The number of hydrogen-bond acceptors (Lipinski definition) is 5. The van der Waals surface area contributed by atoms with Crippen LogP contribution in [0.3, 0.4) is 0 Å². The number of rotatable bonds is 5. The summed E-state index contributed by atoms with van der Waals surface area (Å²) in [6.07, 6.45) is 9.56. The molecule has 0 aromatic carbocycles. The van der Waals surface area contributed by atoms with Gasteiger partial charge in [0.15, 0.2) is 0 Å². The second-order valence-electron chi connectivity index (χ2n) is 4.86. The minimum Gasteiger partial charge on any atom is -0.313 e. The third-order valence-electron chi connectivity index (χ3n) is 3.29. The number of piperidine rings is 1. The van der Waals surface area contributed by atoms with Crippen molar-refractivity contribution in [3.63, 3.8) is 0 Å². The van der Waals surface area contributed by atoms with E-state index in [2.05, 4.69) is 33.5 Å². The first-order valence-electron chi connectivity index (χ1n) is 6.55. The van der Waals surface area contributed by atoms with Gasteiger partial charge in [-0.25, -0.2) is 4.98 Å². The van der Waals surface area contributed by atoms with Crippen LogP contribution in [0.1, 0.15) is 25.0 Å². The molecule has 0 amide bonds. The van der Waals surface area contributed by atoms with Crippen molar-refractivity contribution in [1.29, 1.82) is 0 Å². The molecule has 2 rings (SSSR count). The van der Waals surface area contributed by atoms with E-state index in [0.29, 0.717) is 6.04 Å². The molecule has 19 heavy (non-hydrogen) atoms. The van der Waals surface area contributed by atoms with Gasteiger partial charge in [-0.05, 0) is 32.7 Å². The molecule has 1 unspecified atom stereocenters. The van der Waals surface area contributed by atoms with Crippen molar-refractivity contribution in [3.8, 4) is 0 Å². The van der Waals surface area contributed by atoms with Crippen molar-refractivity contribution < 1.29 is 0 Å². The van der Waals surface area contributed by atoms with E-state index in [1.165, 1.54) is 25.8 Å². The molecular formula is C13H23ClN4S. The zero-order chi connectivity index (χ0) is 12.8. The fourth-order valence-corrected chi connectivity index (χ4v) is 2.93. The van der Waals surface area contributed by atoms with Gasteiger partial charge in [-0.15, -0.1) is 24.2 Å². The molecule has 4 nitrogen and oxygen atoms in total. The van der Waals surface area contributed by atoms with E-state index >= 15 is 0 Å². The molecule has 1 aliphatic rings. The predicted octanol–water partition coefficient (Wildman–Crippen LogP) is 2.19. The normalized spacial score (nSPS) is 19.2. The predicted molar refractivity (Wildman–Crippen MR) is 83.0 cm³/mol. The molecule has 108 valence electrons. The molecule has 6 heteroatoms. The third-order valence-corrected chi connectivity index (χ3v) is 4.02. The van der Waals surface area contributed by atoms with Crippen molar-refractivity contribution in [3.05, 3.63) is 18.1 Å². The zero-order valence-corrected chi connectivity index (χ0v) is 13.3. The zero-order valence-electron chi connectivity index (χ0n) is 11.6. The summed E-state index contributed by atoms with van der Waals surface area (Å²) < 4.78 is 0. The van der Waals surface area contributed by atoms with Crippen LogP contribution in [0, 0.1) is 0 Å². The third kappa shape index (κ3) is 5.26. The van der Waals surface area contributed by atoms with Crippen molar-refractivity contribution in [2.45, 2.75) is 36.9 Å². The topological polar surface area (TPSA) is 41.1 Å². The molecule has 0 bridgehead atoms. The summed E-state index contributed by atoms with van der Waals surface area (Å²) in [6.45, 7) is 3.13. The molecular weight excluding hydrogens is 280 g/mol. The first-order chi connectivity index (χ1) is 8.79. The summed E-state index contributed by atoms with van der Waals surface area (Å²) in [7, 11) is 2.16. The minimum atomic E-state index is 0. The maximum absolute atomic E-state index is 4.44. The van der Waals surface area contributed by atoms with Crippen LogP contribution in [-0.4, -0.2) is 47.3 Å². The Bertz CT molecular complexity index is 371. The van der Waals surface area contributed by atoms with Crippen LogP contribution in [0.2, 0.25) is 0 Å². The second-order valence-corrected chi connectivity index (χ2v) is 5.65. The van der Waals surface area contributed by atoms with Crippen LogP contribution in [-0.2, 0) is 6.54 Å². The van der Waals surface area contributed by atoms with E-state index in [1.54, 1.807) is 24.2 Å². The van der Waals surface area contributed by atoms with E-state index in [0.717, 1.165) is 23.8 Å². The summed E-state index contributed by atoms with van der Waals surface area (Å²) in [6, 6.07) is 0.637. The van der Waals surface area contributed by atoms with Crippen LogP contribution >= 0.6 is 24.2 Å². The summed E-state index contributed by atoms with van der Waals surface area (Å²) in [5, 5.41) is 4.62. The Labute approximate surface area is 126 Å². The SMILES string of the molecule is CSc1nccnc1CN(C)CC1CCCCN1.Cl. The summed E-state index contributed by atoms with van der Waals surface area (Å²) in [5.41, 5.74) is 1.09. The summed E-state index contributed by atoms with van der Waals surface area (Å²) in [5.74, 6) is 0. The standard InChI is InChI=1S/C13H22N4S.ClH/c1-17(9-11-5-3-4-6-14-11)10-12-13(18-2)16-8-7-15-12;/h7-8,11,14H,3-6,9-10H2,1-2H3;1H. The Morgan fingerprint density at radius 3 is 2.84 bits per heavy atom. The Morgan fingerprint density at radius 2 is 2.16 bits per heavy atom. The van der Waals surface area contributed by atoms with Crippen molar-refractivity contribution in [2.75, 3.05) is 26.4 Å². The van der Waals surface area contributed by atoms with E-state index < -0.39 is 0 Å². The quantitative estimate of drug-likeness (QED) is 0.845. The molecule has 0 radical (unpaired) electrons. The van der Waals surface area contributed by atoms with Gasteiger partial charge < -0.3 is 5.32 Å². The number of likely N-dealkylation sites (N-methyl/N-ethyl adjacent to an activating group) is 1. The number of aromatic nitrogens is 2. The molecule has 1 N–H and O–H groups in total. The average molecular weight is 303 g/mol. The van der Waals surface area contributed by atoms with Gasteiger partial charge in [-0.3, -0.25) is 9.88 Å². The largest absolute Gasteiger partial charge is 0.313 e. The maximum atomic E-state index is 4.44. The lowest BCUT2D eigenvalue weighted by Crippen LogP contribution is -2.42.